The van der Waals surface area contributed by atoms with Crippen LogP contribution in [0.15, 0.2) is 29.4 Å². The number of hydrogen-bond acceptors (Lipinski definition) is 4. The van der Waals surface area contributed by atoms with Crippen LogP contribution in [-0.4, -0.2) is 43.8 Å². The Balaban J connectivity index is 1.64. The number of aromatic nitrogens is 3. The van der Waals surface area contributed by atoms with Crippen LogP contribution in [0.1, 0.15) is 46.0 Å². The maximum atomic E-state index is 12.9. The van der Waals surface area contributed by atoms with E-state index in [4.69, 9.17) is 11.6 Å². The average molecular weight is 393 g/mol. The standard InChI is InChI=1S/C19H25ClN4OS/c1-3-24(16-7-5-4-6-8-16)18(25)13(2)26-19-21-17(22-23-19)14-9-11-15(20)12-10-14/h9-13,16H,3-8H2,1-2H3,(H,21,22,23). The molecule has 1 amide bonds. The molecule has 3 rings (SSSR count). The number of H-pyrrole nitrogens is 1. The summed E-state index contributed by atoms with van der Waals surface area (Å²) in [5, 5.41) is 8.28. The SMILES string of the molecule is CCN(C(=O)C(C)Sc1n[nH]c(-c2ccc(Cl)cc2)n1)C1CCCCC1. The minimum absolute atomic E-state index is 0.183. The lowest BCUT2D eigenvalue weighted by molar-refractivity contribution is -0.133. The highest BCUT2D eigenvalue weighted by molar-refractivity contribution is 8.00. The molecular formula is C19H25ClN4OS. The molecule has 1 aliphatic rings. The van der Waals surface area contributed by atoms with Gasteiger partial charge in [0.05, 0.1) is 5.25 Å². The second-order valence-electron chi connectivity index (χ2n) is 6.65. The summed E-state index contributed by atoms with van der Waals surface area (Å²) in [5.41, 5.74) is 0.921. The van der Waals surface area contributed by atoms with E-state index in [0.717, 1.165) is 24.9 Å². The summed E-state index contributed by atoms with van der Waals surface area (Å²) in [6, 6.07) is 7.83. The number of carbonyl (C=O) groups is 1. The number of nitrogens with zero attached hydrogens (tertiary/aromatic N) is 3. The van der Waals surface area contributed by atoms with Crippen LogP contribution in [0.2, 0.25) is 5.02 Å². The minimum Gasteiger partial charge on any atom is -0.339 e. The molecule has 0 aliphatic heterocycles. The molecule has 1 heterocycles. The first-order chi connectivity index (χ1) is 12.6. The van der Waals surface area contributed by atoms with Gasteiger partial charge in [0.2, 0.25) is 11.1 Å². The van der Waals surface area contributed by atoms with Crippen molar-refractivity contribution < 1.29 is 4.79 Å². The van der Waals surface area contributed by atoms with Crippen molar-refractivity contribution in [3.63, 3.8) is 0 Å². The largest absolute Gasteiger partial charge is 0.339 e. The van der Waals surface area contributed by atoms with Crippen LogP contribution < -0.4 is 0 Å². The maximum Gasteiger partial charge on any atom is 0.236 e. The molecule has 1 aromatic heterocycles. The van der Waals surface area contributed by atoms with Gasteiger partial charge in [0.15, 0.2) is 5.82 Å². The first kappa shape index (κ1) is 19.2. The van der Waals surface area contributed by atoms with E-state index in [-0.39, 0.29) is 11.2 Å². The summed E-state index contributed by atoms with van der Waals surface area (Å²) in [7, 11) is 0. The highest BCUT2D eigenvalue weighted by Gasteiger charge is 2.28. The summed E-state index contributed by atoms with van der Waals surface area (Å²) in [6.07, 6.45) is 5.98. The molecule has 0 spiro atoms. The first-order valence-corrected chi connectivity index (χ1v) is 10.5. The highest BCUT2D eigenvalue weighted by Crippen LogP contribution is 2.28. The molecule has 2 aromatic rings. The molecule has 26 heavy (non-hydrogen) atoms. The zero-order valence-corrected chi connectivity index (χ0v) is 16.8. The predicted octanol–water partition coefficient (Wildman–Crippen LogP) is 4.79. The minimum atomic E-state index is -0.203. The molecule has 1 aromatic carbocycles. The van der Waals surface area contributed by atoms with Crippen LogP contribution in [0.4, 0.5) is 0 Å². The average Bonchev–Trinajstić information content (AvgIpc) is 3.12. The quantitative estimate of drug-likeness (QED) is 0.718. The van der Waals surface area contributed by atoms with Gasteiger partial charge in [-0.2, -0.15) is 0 Å². The Bertz CT molecular complexity index is 727. The molecule has 1 fully saturated rings. The molecule has 0 radical (unpaired) electrons. The van der Waals surface area contributed by atoms with Crippen LogP contribution >= 0.6 is 23.4 Å². The van der Waals surface area contributed by atoms with Gasteiger partial charge in [-0.1, -0.05) is 42.6 Å². The van der Waals surface area contributed by atoms with Crippen molar-refractivity contribution in [1.82, 2.24) is 20.1 Å². The number of carbonyl (C=O) groups excluding carboxylic acids is 1. The summed E-state index contributed by atoms with van der Waals surface area (Å²) < 4.78 is 0. The number of hydrogen-bond donors (Lipinski definition) is 1. The number of nitrogens with one attached hydrogen (secondary N) is 1. The van der Waals surface area contributed by atoms with Crippen LogP contribution in [0.3, 0.4) is 0 Å². The van der Waals surface area contributed by atoms with E-state index in [0.29, 0.717) is 22.0 Å². The maximum absolute atomic E-state index is 12.9. The van der Waals surface area contributed by atoms with E-state index in [1.807, 2.05) is 36.1 Å². The lowest BCUT2D eigenvalue weighted by Gasteiger charge is -2.35. The number of benzene rings is 1. The molecule has 0 bridgehead atoms. The van der Waals surface area contributed by atoms with Gasteiger partial charge in [0.1, 0.15) is 0 Å². The lowest BCUT2D eigenvalue weighted by Crippen LogP contribution is -2.44. The summed E-state index contributed by atoms with van der Waals surface area (Å²) in [4.78, 5) is 19.5. The molecule has 1 N–H and O–H groups in total. The number of amides is 1. The molecule has 1 aliphatic carbocycles. The van der Waals surface area contributed by atoms with E-state index in [1.54, 1.807) is 0 Å². The molecule has 1 atom stereocenters. The smallest absolute Gasteiger partial charge is 0.236 e. The van der Waals surface area contributed by atoms with Gasteiger partial charge >= 0.3 is 0 Å². The van der Waals surface area contributed by atoms with E-state index in [9.17, 15) is 4.79 Å². The predicted molar refractivity (Wildman–Crippen MR) is 106 cm³/mol. The van der Waals surface area contributed by atoms with Crippen molar-refractivity contribution in [2.24, 2.45) is 0 Å². The fraction of sp³-hybridized carbons (Fsp3) is 0.526. The fourth-order valence-electron chi connectivity index (χ4n) is 3.46. The van der Waals surface area contributed by atoms with E-state index >= 15 is 0 Å². The Morgan fingerprint density at radius 2 is 2.00 bits per heavy atom. The Labute approximate surface area is 163 Å². The van der Waals surface area contributed by atoms with E-state index < -0.39 is 0 Å². The third kappa shape index (κ3) is 4.60. The second kappa shape index (κ2) is 8.91. The summed E-state index contributed by atoms with van der Waals surface area (Å²) in [6.45, 7) is 4.77. The van der Waals surface area contributed by atoms with Crippen molar-refractivity contribution in [1.29, 1.82) is 0 Å². The highest BCUT2D eigenvalue weighted by atomic mass is 35.5. The molecular weight excluding hydrogens is 368 g/mol. The number of aromatic amines is 1. The Morgan fingerprint density at radius 1 is 1.31 bits per heavy atom. The van der Waals surface area contributed by atoms with Gasteiger partial charge in [-0.25, -0.2) is 4.98 Å². The zero-order valence-electron chi connectivity index (χ0n) is 15.2. The van der Waals surface area contributed by atoms with Crippen molar-refractivity contribution in [3.8, 4) is 11.4 Å². The fourth-order valence-corrected chi connectivity index (χ4v) is 4.39. The Kier molecular flexibility index (Phi) is 6.59. The Morgan fingerprint density at radius 3 is 2.65 bits per heavy atom. The third-order valence-corrected chi connectivity index (χ3v) is 6.05. The van der Waals surface area contributed by atoms with Crippen molar-refractivity contribution in [3.05, 3.63) is 29.3 Å². The topological polar surface area (TPSA) is 61.9 Å². The van der Waals surface area contributed by atoms with Gasteiger partial charge in [0, 0.05) is 23.2 Å². The van der Waals surface area contributed by atoms with Crippen LogP contribution in [-0.2, 0) is 4.79 Å². The summed E-state index contributed by atoms with van der Waals surface area (Å²) >= 11 is 7.33. The lowest BCUT2D eigenvalue weighted by atomic mass is 9.94. The normalized spacial score (nSPS) is 16.4. The number of rotatable bonds is 6. The van der Waals surface area contributed by atoms with Gasteiger partial charge < -0.3 is 4.90 Å². The van der Waals surface area contributed by atoms with E-state index in [2.05, 4.69) is 22.1 Å². The molecule has 5 nitrogen and oxygen atoms in total. The Hall–Kier alpha value is -1.53. The zero-order chi connectivity index (χ0) is 18.5. The number of thioether (sulfide) groups is 1. The molecule has 0 saturated heterocycles. The molecule has 1 saturated carbocycles. The van der Waals surface area contributed by atoms with Gasteiger partial charge in [0.25, 0.3) is 0 Å². The van der Waals surface area contributed by atoms with Crippen LogP contribution in [0.25, 0.3) is 11.4 Å². The third-order valence-electron chi connectivity index (χ3n) is 4.85. The number of halogens is 1. The van der Waals surface area contributed by atoms with Crippen molar-refractivity contribution in [2.75, 3.05) is 6.54 Å². The van der Waals surface area contributed by atoms with Gasteiger partial charge in [-0.15, -0.1) is 5.10 Å². The van der Waals surface area contributed by atoms with Gasteiger partial charge in [-0.05, 0) is 51.0 Å². The van der Waals surface area contributed by atoms with Crippen LogP contribution in [0, 0.1) is 0 Å². The monoisotopic (exact) mass is 392 g/mol. The van der Waals surface area contributed by atoms with Crippen molar-refractivity contribution in [2.45, 2.75) is 62.4 Å². The first-order valence-electron chi connectivity index (χ1n) is 9.24. The summed E-state index contributed by atoms with van der Waals surface area (Å²) in [5.74, 6) is 0.866. The molecule has 1 unspecified atom stereocenters. The second-order valence-corrected chi connectivity index (χ2v) is 8.39. The molecule has 7 heteroatoms. The molecule has 140 valence electrons. The van der Waals surface area contributed by atoms with E-state index in [1.165, 1.54) is 31.0 Å². The van der Waals surface area contributed by atoms with Crippen molar-refractivity contribution >= 4 is 29.3 Å². The van der Waals surface area contributed by atoms with Crippen LogP contribution in [0.5, 0.6) is 0 Å². The van der Waals surface area contributed by atoms with Gasteiger partial charge in [-0.3, -0.25) is 9.89 Å².